The van der Waals surface area contributed by atoms with E-state index in [1.165, 1.54) is 0 Å². The third-order valence-electron chi connectivity index (χ3n) is 6.43. The van der Waals surface area contributed by atoms with Crippen LogP contribution in [0.25, 0.3) is 0 Å². The van der Waals surface area contributed by atoms with E-state index < -0.39 is 30.1 Å². The Morgan fingerprint density at radius 2 is 0.833 bits per heavy atom. The van der Waals surface area contributed by atoms with Crippen molar-refractivity contribution in [3.8, 4) is 0 Å². The Kier molecular flexibility index (Phi) is 7.03. The summed E-state index contributed by atoms with van der Waals surface area (Å²) in [5, 5.41) is 0. The van der Waals surface area contributed by atoms with Crippen LogP contribution in [0.15, 0.2) is 36.4 Å². The maximum absolute atomic E-state index is 2.95. The second-order valence-corrected chi connectivity index (χ2v) is 20.0. The van der Waals surface area contributed by atoms with Gasteiger partial charge in [-0.3, -0.25) is 0 Å². The van der Waals surface area contributed by atoms with Crippen molar-refractivity contribution in [1.29, 1.82) is 0 Å². The molecule has 0 aliphatic carbocycles. The van der Waals surface area contributed by atoms with E-state index in [1.54, 1.807) is 33.6 Å². The molecular weight excluding hydrogens is 487 g/mol. The second kappa shape index (κ2) is 8.89. The molecule has 0 aromatic heterocycles. The average molecular weight is 527 g/mol. The number of hydrogen-bond donors (Lipinski definition) is 0. The molecule has 0 unspecified atom stereocenters. The van der Waals surface area contributed by atoms with Crippen LogP contribution in [0.4, 0.5) is 11.4 Å². The van der Waals surface area contributed by atoms with Gasteiger partial charge in [0.25, 0.3) is 0 Å². The van der Waals surface area contributed by atoms with Gasteiger partial charge in [-0.15, -0.1) is 0 Å². The topological polar surface area (TPSA) is 6.48 Å². The van der Waals surface area contributed by atoms with E-state index >= 15 is 0 Å². The van der Waals surface area contributed by atoms with Crippen LogP contribution in [-0.2, 0) is 0 Å². The minimum atomic E-state index is -1.76. The molecule has 1 aliphatic heterocycles. The fourth-order valence-electron chi connectivity index (χ4n) is 4.59. The Balaban J connectivity index is 2.12. The van der Waals surface area contributed by atoms with Crippen molar-refractivity contribution < 1.29 is 0 Å². The van der Waals surface area contributed by atoms with Gasteiger partial charge < -0.3 is 0 Å². The summed E-state index contributed by atoms with van der Waals surface area (Å²) in [7, 11) is -1.76. The van der Waals surface area contributed by atoms with E-state index in [2.05, 4.69) is 110 Å². The van der Waals surface area contributed by atoms with E-state index in [0.717, 1.165) is 0 Å². The Hall–Kier alpha value is -0.944. The summed E-state index contributed by atoms with van der Waals surface area (Å²) in [5.74, 6) is 2.24. The fourth-order valence-corrected chi connectivity index (χ4v) is 15.1. The Bertz CT molecular complexity index is 778. The predicted octanol–water partition coefficient (Wildman–Crippen LogP) is 7.74. The zero-order chi connectivity index (χ0) is 22.4. The molecule has 0 N–H and O–H groups in total. The Labute approximate surface area is 197 Å². The van der Waals surface area contributed by atoms with Gasteiger partial charge in [-0.05, 0) is 0 Å². The molecule has 1 fully saturated rings. The third kappa shape index (κ3) is 4.08. The molecule has 0 bridgehead atoms. The van der Waals surface area contributed by atoms with E-state index in [1.807, 2.05) is 0 Å². The van der Waals surface area contributed by atoms with Crippen molar-refractivity contribution in [1.82, 2.24) is 0 Å². The van der Waals surface area contributed by atoms with Crippen LogP contribution in [0.5, 0.6) is 0 Å². The molecule has 0 atom stereocenters. The maximum atomic E-state index is 2.95. The van der Waals surface area contributed by atoms with Crippen LogP contribution in [0.1, 0.15) is 101 Å². The molecule has 0 saturated carbocycles. The molecule has 30 heavy (non-hydrogen) atoms. The molecule has 4 heteroatoms. The first-order valence-electron chi connectivity index (χ1n) is 11.6. The number of rotatable bonds is 6. The standard InChI is InChI=1S/C26H40N2Si.Sn/c1-17(2)21-13-11-14-22(18(3)4)25(21)27-29(9,10)28-26-23(19(5)6)15-12-16-24(26)20(7)8;/h11-20H,1-10H3;/q-2;+2. The van der Waals surface area contributed by atoms with Crippen LogP contribution in [0.3, 0.4) is 0 Å². The van der Waals surface area contributed by atoms with Gasteiger partial charge in [0.05, 0.1) is 0 Å². The zero-order valence-electron chi connectivity index (χ0n) is 20.7. The van der Waals surface area contributed by atoms with Gasteiger partial charge >= 0.3 is 198 Å². The van der Waals surface area contributed by atoms with Gasteiger partial charge in [-0.2, -0.15) is 0 Å². The summed E-state index contributed by atoms with van der Waals surface area (Å²) < 4.78 is 5.89. The number of hydrogen-bond acceptors (Lipinski definition) is 2. The molecule has 0 amide bonds. The van der Waals surface area contributed by atoms with Gasteiger partial charge in [0.15, 0.2) is 0 Å². The first-order chi connectivity index (χ1) is 14.0. The normalized spacial score (nSPS) is 16.2. The quantitative estimate of drug-likeness (QED) is 0.355. The summed E-state index contributed by atoms with van der Waals surface area (Å²) in [4.78, 5) is 0. The summed E-state index contributed by atoms with van der Waals surface area (Å²) >= 11 is -0.902. The second-order valence-electron chi connectivity index (χ2n) is 10.5. The van der Waals surface area contributed by atoms with Gasteiger partial charge in [0.1, 0.15) is 0 Å². The van der Waals surface area contributed by atoms with Gasteiger partial charge in [0, 0.05) is 0 Å². The summed E-state index contributed by atoms with van der Waals surface area (Å²) in [5.41, 5.74) is 9.37. The number of benzene rings is 2. The van der Waals surface area contributed by atoms with E-state index in [0.29, 0.717) is 23.7 Å². The van der Waals surface area contributed by atoms with E-state index in [-0.39, 0.29) is 0 Å². The third-order valence-corrected chi connectivity index (χ3v) is 22.2. The van der Waals surface area contributed by atoms with Crippen LogP contribution in [0.2, 0.25) is 13.1 Å². The van der Waals surface area contributed by atoms with Gasteiger partial charge in [0.2, 0.25) is 0 Å². The molecule has 162 valence electrons. The van der Waals surface area contributed by atoms with Crippen molar-refractivity contribution in [2.45, 2.75) is 92.2 Å². The first kappa shape index (κ1) is 23.7. The molecule has 2 aromatic rings. The number of para-hydroxylation sites is 2. The molecule has 0 spiro atoms. The van der Waals surface area contributed by atoms with Crippen LogP contribution in [-0.4, -0.2) is 30.1 Å². The molecule has 1 heterocycles. The van der Waals surface area contributed by atoms with Gasteiger partial charge in [-0.1, -0.05) is 0 Å². The molecule has 2 nitrogen and oxygen atoms in total. The molecule has 2 aromatic carbocycles. The zero-order valence-corrected chi connectivity index (χ0v) is 24.5. The average Bonchev–Trinajstić information content (AvgIpc) is 2.66. The van der Waals surface area contributed by atoms with Crippen LogP contribution >= 0.6 is 0 Å². The Morgan fingerprint density at radius 1 is 0.567 bits per heavy atom. The number of anilines is 2. The van der Waals surface area contributed by atoms with E-state index in [4.69, 9.17) is 0 Å². The molecule has 3 rings (SSSR count). The predicted molar refractivity (Wildman–Crippen MR) is 137 cm³/mol. The molecule has 1 aliphatic rings. The van der Waals surface area contributed by atoms with Crippen LogP contribution in [0, 0.1) is 0 Å². The summed E-state index contributed by atoms with van der Waals surface area (Å²) in [6.45, 7) is 24.0. The SMILES string of the molecule is CC(C)c1cccc(C(C)C)c1[N]1[Sn][N](c2c(C(C)C)cccc2C(C)C)[Si]1(C)C. The molecule has 2 radical (unpaired) electrons. The molecule has 1 saturated heterocycles. The van der Waals surface area contributed by atoms with Crippen molar-refractivity contribution in [3.63, 3.8) is 0 Å². The fraction of sp³-hybridized carbons (Fsp3) is 0.538. The minimum absolute atomic E-state index is 0.561. The van der Waals surface area contributed by atoms with Crippen molar-refractivity contribution in [2.75, 3.05) is 5.57 Å². The van der Waals surface area contributed by atoms with Crippen molar-refractivity contribution in [2.24, 2.45) is 0 Å². The van der Waals surface area contributed by atoms with Crippen LogP contribution < -0.4 is 5.57 Å². The van der Waals surface area contributed by atoms with Crippen molar-refractivity contribution >= 4 is 41.5 Å². The Morgan fingerprint density at radius 3 is 1.03 bits per heavy atom. The first-order valence-corrected chi connectivity index (χ1v) is 17.1. The van der Waals surface area contributed by atoms with E-state index in [9.17, 15) is 0 Å². The van der Waals surface area contributed by atoms with Gasteiger partial charge in [-0.25, -0.2) is 0 Å². The number of nitrogens with zero attached hydrogens (tertiary/aromatic N) is 2. The molecular formula is C26H40N2SiSn. The van der Waals surface area contributed by atoms with Crippen molar-refractivity contribution in [3.05, 3.63) is 58.7 Å². The monoisotopic (exact) mass is 528 g/mol. The summed E-state index contributed by atoms with van der Waals surface area (Å²) in [6, 6.07) is 14.0. The summed E-state index contributed by atoms with van der Waals surface area (Å²) in [6.07, 6.45) is 0.